The molecule has 3 atom stereocenters. The summed E-state index contributed by atoms with van der Waals surface area (Å²) in [6.45, 7) is 6.83. The molecule has 0 radical (unpaired) electrons. The zero-order valence-electron chi connectivity index (χ0n) is 10.7. The average molecular weight is 253 g/mol. The molecular formula is C13H19NO2S. The Hall–Kier alpha value is -0.690. The van der Waals surface area contributed by atoms with Crippen LogP contribution in [0.25, 0.3) is 0 Å². The minimum absolute atomic E-state index is 0.0445. The van der Waals surface area contributed by atoms with Crippen LogP contribution in [0.1, 0.15) is 40.0 Å². The minimum Gasteiger partial charge on any atom is -0.461 e. The SMILES string of the molecule is CC1(C)[C@H]2CC[C@]1(C)[C@H](OC(=O)CSC#N)C2. The average Bonchev–Trinajstić information content (AvgIpc) is 2.59. The van der Waals surface area contributed by atoms with Crippen LogP contribution in [0.4, 0.5) is 0 Å². The molecule has 0 aromatic rings. The normalized spacial score (nSPS) is 37.8. The lowest BCUT2D eigenvalue weighted by molar-refractivity contribution is -0.153. The second-order valence-corrected chi connectivity index (χ2v) is 6.73. The number of carbonyl (C=O) groups excluding carboxylic acids is 1. The van der Waals surface area contributed by atoms with Crippen LogP contribution in [0.5, 0.6) is 0 Å². The van der Waals surface area contributed by atoms with Crippen molar-refractivity contribution in [3.63, 3.8) is 0 Å². The molecule has 0 aliphatic heterocycles. The maximum atomic E-state index is 11.6. The minimum atomic E-state index is -0.244. The van der Waals surface area contributed by atoms with Crippen molar-refractivity contribution in [2.45, 2.75) is 46.1 Å². The fourth-order valence-corrected chi connectivity index (χ4v) is 3.84. The highest BCUT2D eigenvalue weighted by atomic mass is 32.2. The van der Waals surface area contributed by atoms with Crippen molar-refractivity contribution >= 4 is 17.7 Å². The van der Waals surface area contributed by atoms with Gasteiger partial charge in [-0.3, -0.25) is 4.79 Å². The predicted molar refractivity (Wildman–Crippen MR) is 67.2 cm³/mol. The summed E-state index contributed by atoms with van der Waals surface area (Å²) in [4.78, 5) is 11.6. The standard InChI is InChI=1S/C13H19NO2S/c1-12(2)9-4-5-13(12,3)10(6-9)16-11(15)7-17-8-14/h9-10H,4-7H2,1-3H3/t9-,10+,13+/m0/s1. The van der Waals surface area contributed by atoms with E-state index in [1.807, 2.05) is 5.40 Å². The smallest absolute Gasteiger partial charge is 0.317 e. The van der Waals surface area contributed by atoms with Crippen molar-refractivity contribution in [3.05, 3.63) is 0 Å². The summed E-state index contributed by atoms with van der Waals surface area (Å²) in [5.74, 6) is 0.578. The summed E-state index contributed by atoms with van der Waals surface area (Å²) in [6.07, 6.45) is 3.44. The van der Waals surface area contributed by atoms with Crippen LogP contribution >= 0.6 is 11.8 Å². The van der Waals surface area contributed by atoms with Gasteiger partial charge in [-0.2, -0.15) is 5.26 Å². The molecule has 0 aromatic heterocycles. The summed E-state index contributed by atoms with van der Waals surface area (Å²) in [5, 5.41) is 10.3. The number of nitrogens with zero attached hydrogens (tertiary/aromatic N) is 1. The van der Waals surface area contributed by atoms with Crippen molar-refractivity contribution < 1.29 is 9.53 Å². The molecule has 94 valence electrons. The Labute approximate surface area is 107 Å². The van der Waals surface area contributed by atoms with Gasteiger partial charge in [0.25, 0.3) is 0 Å². The molecule has 2 saturated carbocycles. The molecule has 2 rings (SSSR count). The zero-order valence-corrected chi connectivity index (χ0v) is 11.5. The first kappa shape index (κ1) is 12.8. The summed E-state index contributed by atoms with van der Waals surface area (Å²) in [7, 11) is 0. The summed E-state index contributed by atoms with van der Waals surface area (Å²) < 4.78 is 5.58. The molecule has 17 heavy (non-hydrogen) atoms. The molecule has 2 aliphatic carbocycles. The zero-order chi connectivity index (χ0) is 12.7. The first-order valence-corrected chi connectivity index (χ1v) is 7.11. The highest BCUT2D eigenvalue weighted by Gasteiger charge is 2.62. The fourth-order valence-electron chi connectivity index (χ4n) is 3.59. The van der Waals surface area contributed by atoms with Crippen molar-refractivity contribution in [1.82, 2.24) is 0 Å². The van der Waals surface area contributed by atoms with Gasteiger partial charge in [0, 0.05) is 5.41 Å². The molecule has 0 heterocycles. The monoisotopic (exact) mass is 253 g/mol. The highest BCUT2D eigenvalue weighted by Crippen LogP contribution is 2.66. The summed E-state index contributed by atoms with van der Waals surface area (Å²) in [6, 6.07) is 0. The first-order valence-electron chi connectivity index (χ1n) is 6.12. The lowest BCUT2D eigenvalue weighted by Crippen LogP contribution is -2.38. The number of hydrogen-bond acceptors (Lipinski definition) is 4. The Kier molecular flexibility index (Phi) is 3.15. The van der Waals surface area contributed by atoms with Crippen LogP contribution in [0.15, 0.2) is 0 Å². The molecule has 4 heteroatoms. The largest absolute Gasteiger partial charge is 0.461 e. The summed E-state index contributed by atoms with van der Waals surface area (Å²) >= 11 is 0.949. The maximum Gasteiger partial charge on any atom is 0.317 e. The van der Waals surface area contributed by atoms with Crippen LogP contribution < -0.4 is 0 Å². The van der Waals surface area contributed by atoms with E-state index in [1.165, 1.54) is 6.42 Å². The van der Waals surface area contributed by atoms with Gasteiger partial charge in [0.05, 0.1) is 0 Å². The van der Waals surface area contributed by atoms with Crippen molar-refractivity contribution in [2.24, 2.45) is 16.7 Å². The van der Waals surface area contributed by atoms with Crippen molar-refractivity contribution in [1.29, 1.82) is 5.26 Å². The Morgan fingerprint density at radius 2 is 2.24 bits per heavy atom. The number of esters is 1. The molecule has 2 bridgehead atoms. The topological polar surface area (TPSA) is 50.1 Å². The van der Waals surface area contributed by atoms with Crippen molar-refractivity contribution in [3.8, 4) is 5.40 Å². The molecule has 0 N–H and O–H groups in total. The predicted octanol–water partition coefficient (Wildman–Crippen LogP) is 2.96. The van der Waals surface area contributed by atoms with E-state index in [0.717, 1.165) is 24.6 Å². The van der Waals surface area contributed by atoms with Gasteiger partial charge in [0.15, 0.2) is 0 Å². The van der Waals surface area contributed by atoms with E-state index in [9.17, 15) is 4.79 Å². The van der Waals surface area contributed by atoms with Crippen LogP contribution in [-0.4, -0.2) is 17.8 Å². The quantitative estimate of drug-likeness (QED) is 0.573. The van der Waals surface area contributed by atoms with Gasteiger partial charge in [0.2, 0.25) is 0 Å². The van der Waals surface area contributed by atoms with Gasteiger partial charge in [-0.25, -0.2) is 0 Å². The first-order chi connectivity index (χ1) is 7.91. The third-order valence-corrected chi connectivity index (χ3v) is 5.75. The van der Waals surface area contributed by atoms with E-state index in [-0.39, 0.29) is 28.7 Å². The fraction of sp³-hybridized carbons (Fsp3) is 0.846. The van der Waals surface area contributed by atoms with Gasteiger partial charge < -0.3 is 4.74 Å². The van der Waals surface area contributed by atoms with E-state index >= 15 is 0 Å². The number of nitriles is 1. The number of fused-ring (bicyclic) bond motifs is 2. The molecule has 2 aliphatic rings. The third kappa shape index (κ3) is 1.85. The van der Waals surface area contributed by atoms with Crippen molar-refractivity contribution in [2.75, 3.05) is 5.75 Å². The second kappa shape index (κ2) is 4.20. The molecule has 0 unspecified atom stereocenters. The van der Waals surface area contributed by atoms with E-state index in [2.05, 4.69) is 20.8 Å². The van der Waals surface area contributed by atoms with Gasteiger partial charge in [-0.1, -0.05) is 20.8 Å². The molecule has 2 fully saturated rings. The van der Waals surface area contributed by atoms with Crippen LogP contribution in [0, 0.1) is 27.4 Å². The Morgan fingerprint density at radius 3 is 2.71 bits per heavy atom. The van der Waals surface area contributed by atoms with E-state index in [0.29, 0.717) is 5.92 Å². The summed E-state index contributed by atoms with van der Waals surface area (Å²) in [5.41, 5.74) is 0.380. The molecule has 0 amide bonds. The Bertz CT molecular complexity index is 374. The van der Waals surface area contributed by atoms with E-state index in [1.54, 1.807) is 0 Å². The number of ether oxygens (including phenoxy) is 1. The highest BCUT2D eigenvalue weighted by molar-refractivity contribution is 8.04. The van der Waals surface area contributed by atoms with Crippen LogP contribution in [0.2, 0.25) is 0 Å². The number of rotatable bonds is 3. The lowest BCUT2D eigenvalue weighted by atomic mass is 9.70. The Balaban J connectivity index is 2.01. The third-order valence-electron chi connectivity index (χ3n) is 5.24. The van der Waals surface area contributed by atoms with Gasteiger partial charge in [-0.15, -0.1) is 0 Å². The Morgan fingerprint density at radius 1 is 1.53 bits per heavy atom. The molecule has 0 spiro atoms. The number of hydrogen-bond donors (Lipinski definition) is 0. The van der Waals surface area contributed by atoms with E-state index < -0.39 is 0 Å². The van der Waals surface area contributed by atoms with Crippen LogP contribution in [0.3, 0.4) is 0 Å². The second-order valence-electron chi connectivity index (χ2n) is 5.97. The number of thioether (sulfide) groups is 1. The van der Waals surface area contributed by atoms with Gasteiger partial charge in [-0.05, 0) is 42.4 Å². The molecule has 0 aromatic carbocycles. The maximum absolute atomic E-state index is 11.6. The van der Waals surface area contributed by atoms with Gasteiger partial charge in [0.1, 0.15) is 17.3 Å². The van der Waals surface area contributed by atoms with Crippen LogP contribution in [-0.2, 0) is 9.53 Å². The number of carbonyl (C=O) groups is 1. The molecular weight excluding hydrogens is 234 g/mol. The van der Waals surface area contributed by atoms with Gasteiger partial charge >= 0.3 is 5.97 Å². The number of thiocyanates is 1. The lowest BCUT2D eigenvalue weighted by Gasteiger charge is -2.38. The molecule has 0 saturated heterocycles. The van der Waals surface area contributed by atoms with E-state index in [4.69, 9.17) is 10.00 Å². The molecule has 3 nitrogen and oxygen atoms in total.